The molecule has 116 valence electrons. The van der Waals surface area contributed by atoms with E-state index in [2.05, 4.69) is 16.3 Å². The molecular formula is C17H26N2O2. The molecule has 0 unspecified atom stereocenters. The largest absolute Gasteiger partial charge is 0.504 e. The Morgan fingerprint density at radius 1 is 1.29 bits per heavy atom. The minimum Gasteiger partial charge on any atom is -0.504 e. The van der Waals surface area contributed by atoms with Crippen LogP contribution in [-0.4, -0.2) is 42.3 Å². The standard InChI is InChI=1S/C17H26N2O2/c1-21-16-6-5-14(11-15(16)20)12-19-10-9-18-13-17(19)7-3-2-4-8-17/h5-6,11,18,20H,2-4,7-10,12-13H2,1H3. The van der Waals surface area contributed by atoms with Crippen LogP contribution in [0.4, 0.5) is 0 Å². The summed E-state index contributed by atoms with van der Waals surface area (Å²) >= 11 is 0. The van der Waals surface area contributed by atoms with Crippen molar-refractivity contribution in [1.29, 1.82) is 0 Å². The maximum absolute atomic E-state index is 9.97. The van der Waals surface area contributed by atoms with E-state index >= 15 is 0 Å². The van der Waals surface area contributed by atoms with Gasteiger partial charge < -0.3 is 15.2 Å². The zero-order chi connectivity index (χ0) is 14.7. The van der Waals surface area contributed by atoms with E-state index < -0.39 is 0 Å². The lowest BCUT2D eigenvalue weighted by Gasteiger charge is -2.50. The van der Waals surface area contributed by atoms with Gasteiger partial charge in [0.15, 0.2) is 11.5 Å². The van der Waals surface area contributed by atoms with Gasteiger partial charge in [0.25, 0.3) is 0 Å². The second kappa shape index (κ2) is 6.24. The smallest absolute Gasteiger partial charge is 0.160 e. The van der Waals surface area contributed by atoms with Crippen LogP contribution in [0.1, 0.15) is 37.7 Å². The van der Waals surface area contributed by atoms with Gasteiger partial charge in [0, 0.05) is 31.7 Å². The number of methoxy groups -OCH3 is 1. The number of phenolic OH excluding ortho intramolecular Hbond substituents is 1. The molecule has 1 heterocycles. The first-order valence-electron chi connectivity index (χ1n) is 8.05. The molecular weight excluding hydrogens is 264 g/mol. The molecule has 0 bridgehead atoms. The van der Waals surface area contributed by atoms with Gasteiger partial charge in [-0.05, 0) is 30.5 Å². The number of hydrogen-bond donors (Lipinski definition) is 2. The molecule has 0 amide bonds. The van der Waals surface area contributed by atoms with Crippen molar-refractivity contribution in [1.82, 2.24) is 10.2 Å². The number of benzene rings is 1. The van der Waals surface area contributed by atoms with Crippen molar-refractivity contribution in [2.75, 3.05) is 26.7 Å². The van der Waals surface area contributed by atoms with E-state index in [4.69, 9.17) is 4.74 Å². The van der Waals surface area contributed by atoms with Crippen molar-refractivity contribution in [3.8, 4) is 11.5 Å². The lowest BCUT2D eigenvalue weighted by molar-refractivity contribution is 0.0208. The van der Waals surface area contributed by atoms with E-state index in [1.807, 2.05) is 12.1 Å². The summed E-state index contributed by atoms with van der Waals surface area (Å²) in [6.07, 6.45) is 6.64. The van der Waals surface area contributed by atoms with Gasteiger partial charge in [-0.3, -0.25) is 4.90 Å². The number of phenols is 1. The van der Waals surface area contributed by atoms with Gasteiger partial charge in [0.05, 0.1) is 7.11 Å². The maximum Gasteiger partial charge on any atom is 0.160 e. The summed E-state index contributed by atoms with van der Waals surface area (Å²) in [5, 5.41) is 13.5. The monoisotopic (exact) mass is 290 g/mol. The Morgan fingerprint density at radius 2 is 2.10 bits per heavy atom. The fourth-order valence-corrected chi connectivity index (χ4v) is 3.89. The van der Waals surface area contributed by atoms with Crippen LogP contribution >= 0.6 is 0 Å². The highest BCUT2D eigenvalue weighted by molar-refractivity contribution is 5.41. The molecule has 3 rings (SSSR count). The van der Waals surface area contributed by atoms with Crippen LogP contribution in [0.5, 0.6) is 11.5 Å². The third kappa shape index (κ3) is 3.01. The highest BCUT2D eigenvalue weighted by Crippen LogP contribution is 2.36. The first kappa shape index (κ1) is 14.7. The molecule has 21 heavy (non-hydrogen) atoms. The molecule has 0 atom stereocenters. The Morgan fingerprint density at radius 3 is 2.81 bits per heavy atom. The summed E-state index contributed by atoms with van der Waals surface area (Å²) < 4.78 is 5.13. The molecule has 2 fully saturated rings. The molecule has 2 aliphatic rings. The third-order valence-electron chi connectivity index (χ3n) is 5.08. The Hall–Kier alpha value is -1.26. The summed E-state index contributed by atoms with van der Waals surface area (Å²) in [5.74, 6) is 0.786. The molecule has 1 spiro atoms. The topological polar surface area (TPSA) is 44.7 Å². The van der Waals surface area contributed by atoms with Gasteiger partial charge in [-0.25, -0.2) is 0 Å². The maximum atomic E-state index is 9.97. The highest BCUT2D eigenvalue weighted by atomic mass is 16.5. The average Bonchev–Trinajstić information content (AvgIpc) is 2.51. The lowest BCUT2D eigenvalue weighted by Crippen LogP contribution is -2.61. The molecule has 0 aromatic heterocycles. The Kier molecular flexibility index (Phi) is 4.36. The van der Waals surface area contributed by atoms with E-state index in [1.165, 1.54) is 37.7 Å². The van der Waals surface area contributed by atoms with E-state index in [1.54, 1.807) is 7.11 Å². The van der Waals surface area contributed by atoms with Gasteiger partial charge in [-0.15, -0.1) is 0 Å². The van der Waals surface area contributed by atoms with Crippen molar-refractivity contribution >= 4 is 0 Å². The van der Waals surface area contributed by atoms with Gasteiger partial charge in [-0.2, -0.15) is 0 Å². The molecule has 1 aromatic carbocycles. The van der Waals surface area contributed by atoms with E-state index in [-0.39, 0.29) is 5.75 Å². The fourth-order valence-electron chi connectivity index (χ4n) is 3.89. The van der Waals surface area contributed by atoms with Crippen molar-refractivity contribution < 1.29 is 9.84 Å². The number of rotatable bonds is 3. The summed E-state index contributed by atoms with van der Waals surface area (Å²) in [7, 11) is 1.59. The quantitative estimate of drug-likeness (QED) is 0.898. The van der Waals surface area contributed by atoms with Crippen LogP contribution in [0.2, 0.25) is 0 Å². The third-order valence-corrected chi connectivity index (χ3v) is 5.08. The van der Waals surface area contributed by atoms with Crippen LogP contribution in [-0.2, 0) is 6.54 Å². The Bertz CT molecular complexity index is 475. The van der Waals surface area contributed by atoms with E-state index in [0.717, 1.165) is 26.2 Å². The van der Waals surface area contributed by atoms with Crippen molar-refractivity contribution in [2.24, 2.45) is 0 Å². The summed E-state index contributed by atoms with van der Waals surface area (Å²) in [6.45, 7) is 4.17. The van der Waals surface area contributed by atoms with Crippen LogP contribution in [0.25, 0.3) is 0 Å². The van der Waals surface area contributed by atoms with Crippen LogP contribution in [0.3, 0.4) is 0 Å². The minimum absolute atomic E-state index is 0.239. The zero-order valence-corrected chi connectivity index (χ0v) is 12.9. The van der Waals surface area contributed by atoms with Gasteiger partial charge in [-0.1, -0.05) is 25.3 Å². The normalized spacial score (nSPS) is 22.3. The van der Waals surface area contributed by atoms with E-state index in [9.17, 15) is 5.11 Å². The van der Waals surface area contributed by atoms with Crippen molar-refractivity contribution in [3.05, 3.63) is 23.8 Å². The van der Waals surface area contributed by atoms with Gasteiger partial charge >= 0.3 is 0 Å². The second-order valence-corrected chi connectivity index (χ2v) is 6.39. The molecule has 1 saturated carbocycles. The second-order valence-electron chi connectivity index (χ2n) is 6.39. The first-order valence-corrected chi connectivity index (χ1v) is 8.05. The predicted molar refractivity (Wildman–Crippen MR) is 83.8 cm³/mol. The minimum atomic E-state index is 0.239. The average molecular weight is 290 g/mol. The fraction of sp³-hybridized carbons (Fsp3) is 0.647. The number of aromatic hydroxyl groups is 1. The molecule has 1 aliphatic heterocycles. The molecule has 1 aromatic rings. The van der Waals surface area contributed by atoms with Crippen LogP contribution in [0, 0.1) is 0 Å². The van der Waals surface area contributed by atoms with Gasteiger partial charge in [0.1, 0.15) is 0 Å². The summed E-state index contributed by atoms with van der Waals surface area (Å²) in [6, 6.07) is 5.77. The Balaban J connectivity index is 1.76. The number of piperazine rings is 1. The molecule has 4 nitrogen and oxygen atoms in total. The SMILES string of the molecule is COc1ccc(CN2CCNCC23CCCCC3)cc1O. The highest BCUT2D eigenvalue weighted by Gasteiger charge is 2.39. The lowest BCUT2D eigenvalue weighted by atomic mass is 9.79. The number of ether oxygens (including phenoxy) is 1. The van der Waals surface area contributed by atoms with Crippen molar-refractivity contribution in [2.45, 2.75) is 44.2 Å². The number of nitrogens with zero attached hydrogens (tertiary/aromatic N) is 1. The number of hydrogen-bond acceptors (Lipinski definition) is 4. The van der Waals surface area contributed by atoms with Crippen LogP contribution in [0.15, 0.2) is 18.2 Å². The van der Waals surface area contributed by atoms with Crippen LogP contribution < -0.4 is 10.1 Å². The number of nitrogens with one attached hydrogen (secondary N) is 1. The molecule has 1 aliphatic carbocycles. The summed E-state index contributed by atoms with van der Waals surface area (Å²) in [5.41, 5.74) is 1.49. The molecule has 2 N–H and O–H groups in total. The van der Waals surface area contributed by atoms with E-state index in [0.29, 0.717) is 11.3 Å². The van der Waals surface area contributed by atoms with Crippen molar-refractivity contribution in [3.63, 3.8) is 0 Å². The zero-order valence-electron chi connectivity index (χ0n) is 12.9. The predicted octanol–water partition coefficient (Wildman–Crippen LogP) is 2.51. The summed E-state index contributed by atoms with van der Waals surface area (Å²) in [4.78, 5) is 2.63. The molecule has 1 saturated heterocycles. The first-order chi connectivity index (χ1) is 10.2. The molecule has 0 radical (unpaired) electrons. The molecule has 4 heteroatoms. The van der Waals surface area contributed by atoms with Gasteiger partial charge in [0.2, 0.25) is 0 Å². The Labute approximate surface area is 127 Å².